The second-order valence-electron chi connectivity index (χ2n) is 6.27. The molecule has 0 N–H and O–H groups in total. The molecule has 0 bridgehead atoms. The van der Waals surface area contributed by atoms with E-state index in [1.807, 2.05) is 78.8 Å². The van der Waals surface area contributed by atoms with Crippen molar-refractivity contribution in [1.29, 1.82) is 0 Å². The van der Waals surface area contributed by atoms with Gasteiger partial charge in [-0.05, 0) is 50.6 Å². The van der Waals surface area contributed by atoms with Crippen LogP contribution in [0.3, 0.4) is 0 Å². The van der Waals surface area contributed by atoms with Crippen LogP contribution < -0.4 is 4.74 Å². The van der Waals surface area contributed by atoms with Crippen LogP contribution in [0.15, 0.2) is 48.5 Å². The Balaban J connectivity index is 1.88. The van der Waals surface area contributed by atoms with Gasteiger partial charge in [0.1, 0.15) is 24.7 Å². The molecule has 3 rings (SSSR count). The summed E-state index contributed by atoms with van der Waals surface area (Å²) in [7, 11) is 0. The van der Waals surface area contributed by atoms with E-state index in [0.717, 1.165) is 28.2 Å². The van der Waals surface area contributed by atoms with Gasteiger partial charge in [0.15, 0.2) is 0 Å². The fraction of sp³-hybridized carbons (Fsp3) is 0.333. The summed E-state index contributed by atoms with van der Waals surface area (Å²) in [6.07, 6.45) is 0. The molecule has 0 fully saturated rings. The highest BCUT2D eigenvalue weighted by Crippen LogP contribution is 2.19. The molecule has 0 unspecified atom stereocenters. The number of likely N-dealkylation sites (N-methyl/N-ethyl adjacent to an activating group) is 1. The number of fused-ring (bicyclic) bond motifs is 1. The van der Waals surface area contributed by atoms with Crippen LogP contribution in [0.4, 0.5) is 0 Å². The summed E-state index contributed by atoms with van der Waals surface area (Å²) < 4.78 is 7.89. The number of amides is 1. The molecule has 26 heavy (non-hydrogen) atoms. The van der Waals surface area contributed by atoms with Gasteiger partial charge in [0.25, 0.3) is 0 Å². The average Bonchev–Trinajstić information content (AvgIpc) is 2.99. The number of para-hydroxylation sites is 2. The molecule has 5 heteroatoms. The van der Waals surface area contributed by atoms with Crippen LogP contribution in [-0.4, -0.2) is 33.4 Å². The molecule has 3 aromatic rings. The molecule has 1 aromatic heterocycles. The minimum atomic E-state index is 0.0926. The van der Waals surface area contributed by atoms with Gasteiger partial charge in [-0.3, -0.25) is 4.79 Å². The van der Waals surface area contributed by atoms with Crippen molar-refractivity contribution < 1.29 is 9.53 Å². The molecule has 0 atom stereocenters. The number of hydrogen-bond donors (Lipinski definition) is 0. The van der Waals surface area contributed by atoms with Crippen molar-refractivity contribution in [3.05, 3.63) is 59.9 Å². The number of nitrogens with zero attached hydrogens (tertiary/aromatic N) is 3. The maximum absolute atomic E-state index is 12.6. The van der Waals surface area contributed by atoms with Gasteiger partial charge >= 0.3 is 0 Å². The highest BCUT2D eigenvalue weighted by molar-refractivity contribution is 5.81. The topological polar surface area (TPSA) is 47.4 Å². The number of aromatic nitrogens is 2. The predicted octanol–water partition coefficient (Wildman–Crippen LogP) is 3.79. The zero-order valence-corrected chi connectivity index (χ0v) is 15.6. The lowest BCUT2D eigenvalue weighted by molar-refractivity contribution is -0.131. The fourth-order valence-electron chi connectivity index (χ4n) is 3.08. The standard InChI is InChI=1S/C21H25N3O2/c1-4-23(5-2)21(25)14-24-19-12-7-6-11-18(19)22-20(24)15-26-17-10-8-9-16(3)13-17/h6-13H,4-5,14-15H2,1-3H3. The van der Waals surface area contributed by atoms with E-state index >= 15 is 0 Å². The SMILES string of the molecule is CCN(CC)C(=O)Cn1c(COc2cccc(C)c2)nc2ccccc21. The Labute approximate surface area is 154 Å². The molecule has 0 aliphatic heterocycles. The number of carbonyl (C=O) groups excluding carboxylic acids is 1. The first-order chi connectivity index (χ1) is 12.6. The van der Waals surface area contributed by atoms with E-state index in [0.29, 0.717) is 19.7 Å². The van der Waals surface area contributed by atoms with Crippen LogP contribution in [0.5, 0.6) is 5.75 Å². The van der Waals surface area contributed by atoms with E-state index in [1.165, 1.54) is 0 Å². The second-order valence-corrected chi connectivity index (χ2v) is 6.27. The molecular weight excluding hydrogens is 326 g/mol. The van der Waals surface area contributed by atoms with Crippen LogP contribution in [0, 0.1) is 6.92 Å². The molecule has 136 valence electrons. The minimum absolute atomic E-state index is 0.0926. The molecule has 1 heterocycles. The summed E-state index contributed by atoms with van der Waals surface area (Å²) >= 11 is 0. The Morgan fingerprint density at radius 2 is 1.88 bits per heavy atom. The number of imidazole rings is 1. The Morgan fingerprint density at radius 3 is 2.62 bits per heavy atom. The minimum Gasteiger partial charge on any atom is -0.486 e. The zero-order valence-electron chi connectivity index (χ0n) is 15.6. The van der Waals surface area contributed by atoms with Crippen molar-refractivity contribution in [1.82, 2.24) is 14.5 Å². The summed E-state index contributed by atoms with van der Waals surface area (Å²) in [6.45, 7) is 8.03. The maximum Gasteiger partial charge on any atom is 0.242 e. The third-order valence-corrected chi connectivity index (χ3v) is 4.50. The van der Waals surface area contributed by atoms with Gasteiger partial charge in [-0.1, -0.05) is 24.3 Å². The summed E-state index contributed by atoms with van der Waals surface area (Å²) in [5, 5.41) is 0. The number of benzene rings is 2. The van der Waals surface area contributed by atoms with Gasteiger partial charge in [-0.25, -0.2) is 4.98 Å². The van der Waals surface area contributed by atoms with E-state index in [9.17, 15) is 4.79 Å². The van der Waals surface area contributed by atoms with Crippen molar-refractivity contribution in [2.24, 2.45) is 0 Å². The first-order valence-corrected chi connectivity index (χ1v) is 9.03. The van der Waals surface area contributed by atoms with E-state index < -0.39 is 0 Å². The molecule has 2 aromatic carbocycles. The summed E-state index contributed by atoms with van der Waals surface area (Å²) in [5.41, 5.74) is 2.98. The van der Waals surface area contributed by atoms with Crippen molar-refractivity contribution in [3.8, 4) is 5.75 Å². The number of aryl methyl sites for hydroxylation is 1. The number of rotatable bonds is 7. The van der Waals surface area contributed by atoms with Gasteiger partial charge in [-0.15, -0.1) is 0 Å². The smallest absolute Gasteiger partial charge is 0.242 e. The maximum atomic E-state index is 12.6. The third-order valence-electron chi connectivity index (χ3n) is 4.50. The third kappa shape index (κ3) is 3.87. The molecule has 0 aliphatic carbocycles. The Morgan fingerprint density at radius 1 is 1.12 bits per heavy atom. The summed E-state index contributed by atoms with van der Waals surface area (Å²) in [4.78, 5) is 19.1. The highest BCUT2D eigenvalue weighted by atomic mass is 16.5. The fourth-order valence-corrected chi connectivity index (χ4v) is 3.08. The molecule has 0 saturated heterocycles. The first-order valence-electron chi connectivity index (χ1n) is 9.03. The predicted molar refractivity (Wildman–Crippen MR) is 103 cm³/mol. The molecule has 0 spiro atoms. The highest BCUT2D eigenvalue weighted by Gasteiger charge is 2.17. The Kier molecular flexibility index (Phi) is 5.56. The Hall–Kier alpha value is -2.82. The van der Waals surface area contributed by atoms with E-state index in [4.69, 9.17) is 4.74 Å². The normalized spacial score (nSPS) is 10.9. The van der Waals surface area contributed by atoms with Gasteiger partial charge in [-0.2, -0.15) is 0 Å². The monoisotopic (exact) mass is 351 g/mol. The molecule has 0 saturated carbocycles. The second kappa shape index (κ2) is 8.04. The van der Waals surface area contributed by atoms with Gasteiger partial charge in [0, 0.05) is 13.1 Å². The van der Waals surface area contributed by atoms with Crippen molar-refractivity contribution >= 4 is 16.9 Å². The summed E-state index contributed by atoms with van der Waals surface area (Å²) in [6, 6.07) is 15.8. The largest absolute Gasteiger partial charge is 0.486 e. The van der Waals surface area contributed by atoms with Gasteiger partial charge in [0.05, 0.1) is 11.0 Å². The number of carbonyl (C=O) groups is 1. The molecule has 1 amide bonds. The van der Waals surface area contributed by atoms with Crippen LogP contribution in [0.1, 0.15) is 25.2 Å². The Bertz CT molecular complexity index is 897. The molecular formula is C21H25N3O2. The molecule has 5 nitrogen and oxygen atoms in total. The van der Waals surface area contributed by atoms with Crippen LogP contribution in [0.25, 0.3) is 11.0 Å². The zero-order chi connectivity index (χ0) is 18.5. The van der Waals surface area contributed by atoms with E-state index in [-0.39, 0.29) is 12.5 Å². The molecule has 0 aliphatic rings. The van der Waals surface area contributed by atoms with Gasteiger partial charge in [0.2, 0.25) is 5.91 Å². The quantitative estimate of drug-likeness (QED) is 0.651. The van der Waals surface area contributed by atoms with Crippen LogP contribution in [-0.2, 0) is 17.9 Å². The van der Waals surface area contributed by atoms with Crippen molar-refractivity contribution in [2.75, 3.05) is 13.1 Å². The van der Waals surface area contributed by atoms with E-state index in [1.54, 1.807) is 0 Å². The van der Waals surface area contributed by atoms with Crippen molar-refractivity contribution in [2.45, 2.75) is 33.9 Å². The first kappa shape index (κ1) is 18.0. The number of hydrogen-bond acceptors (Lipinski definition) is 3. The average molecular weight is 351 g/mol. The van der Waals surface area contributed by atoms with Crippen molar-refractivity contribution in [3.63, 3.8) is 0 Å². The van der Waals surface area contributed by atoms with Crippen LogP contribution >= 0.6 is 0 Å². The summed E-state index contributed by atoms with van der Waals surface area (Å²) in [5.74, 6) is 1.65. The number of ether oxygens (including phenoxy) is 1. The van der Waals surface area contributed by atoms with Crippen LogP contribution in [0.2, 0.25) is 0 Å². The molecule has 0 radical (unpaired) electrons. The van der Waals surface area contributed by atoms with Gasteiger partial charge < -0.3 is 14.2 Å². The lowest BCUT2D eigenvalue weighted by Crippen LogP contribution is -2.33. The van der Waals surface area contributed by atoms with E-state index in [2.05, 4.69) is 4.98 Å². The lowest BCUT2D eigenvalue weighted by atomic mass is 10.2. The lowest BCUT2D eigenvalue weighted by Gasteiger charge is -2.20.